The first-order valence-electron chi connectivity index (χ1n) is 47.9. The number of carbonyl (C=O) groups is 8. The van der Waals surface area contributed by atoms with E-state index < -0.39 is 7.92 Å². The third kappa shape index (κ3) is 21.0. The summed E-state index contributed by atoms with van der Waals surface area (Å²) < 4.78 is 4.59. The maximum atomic E-state index is 12.4. The van der Waals surface area contributed by atoms with Crippen LogP contribution in [0.25, 0.3) is 98.4 Å². The number of phenols is 1. The molecule has 17 aromatic rings. The molecule has 0 radical (unpaired) electrons. The lowest BCUT2D eigenvalue weighted by atomic mass is 9.95. The van der Waals surface area contributed by atoms with E-state index in [4.69, 9.17) is 11.6 Å². The number of alkyl halides is 1. The van der Waals surface area contributed by atoms with Gasteiger partial charge in [-0.25, -0.2) is 0 Å². The Bertz CT molecular complexity index is 7640. The largest absolute Gasteiger partial charge is 0.507 e. The third-order valence-corrected chi connectivity index (χ3v) is 29.9. The van der Waals surface area contributed by atoms with Gasteiger partial charge in [0.25, 0.3) is 5.69 Å². The number of nitro groups is 1. The number of phenolic OH excluding ortho intramolecular Hbond substituents is 1. The number of aryl methyl sites for hydroxylation is 10. The van der Waals surface area contributed by atoms with Gasteiger partial charge in [-0.2, -0.15) is 0 Å². The summed E-state index contributed by atoms with van der Waals surface area (Å²) in [5, 5.41) is 34.5. The molecule has 3 N–H and O–H groups in total. The number of carbonyl (C=O) groups excluding carboxylic acids is 8. The second-order valence-corrected chi connectivity index (χ2v) is 40.3. The van der Waals surface area contributed by atoms with Gasteiger partial charge in [0.15, 0.2) is 46.3 Å². The second kappa shape index (κ2) is 43.9. The van der Waals surface area contributed by atoms with Crippen LogP contribution in [0.2, 0.25) is 0 Å². The molecule has 22 heteroatoms. The minimum Gasteiger partial charge on any atom is -0.507 e. The van der Waals surface area contributed by atoms with Gasteiger partial charge in [-0.15, -0.1) is 24.0 Å². The predicted octanol–water partition coefficient (Wildman–Crippen LogP) is 24.6. The van der Waals surface area contributed by atoms with E-state index in [9.17, 15) is 53.6 Å². The number of hydrogen-bond acceptors (Lipinski definition) is 14. The molecular formula is C118H119Cl2N8O11P. The van der Waals surface area contributed by atoms with Gasteiger partial charge < -0.3 is 38.9 Å². The summed E-state index contributed by atoms with van der Waals surface area (Å²) in [7, 11) is 11.9. The van der Waals surface area contributed by atoms with E-state index >= 15 is 0 Å². The van der Waals surface area contributed by atoms with E-state index in [2.05, 4.69) is 190 Å². The van der Waals surface area contributed by atoms with Crippen LogP contribution in [0.1, 0.15) is 205 Å². The number of aromatic hydroxyl groups is 1. The summed E-state index contributed by atoms with van der Waals surface area (Å²) in [4.78, 5) is 121. The van der Waals surface area contributed by atoms with Crippen LogP contribution in [0.5, 0.6) is 5.75 Å². The molecule has 13 aromatic carbocycles. The average molecular weight is 1930 g/mol. The molecule has 4 aromatic heterocycles. The molecule has 0 spiro atoms. The Morgan fingerprint density at radius 2 is 0.764 bits per heavy atom. The minimum atomic E-state index is -0.446. The first-order chi connectivity index (χ1) is 66.9. The van der Waals surface area contributed by atoms with Crippen molar-refractivity contribution in [1.82, 2.24) is 33.8 Å². The number of Topliss-reactive ketones (excluding diaryl/α,β-unsaturated/α-hetero) is 8. The molecule has 140 heavy (non-hydrogen) atoms. The van der Waals surface area contributed by atoms with Crippen molar-refractivity contribution in [3.05, 3.63) is 335 Å². The van der Waals surface area contributed by atoms with Crippen LogP contribution >= 0.6 is 31.9 Å². The maximum absolute atomic E-state index is 12.4. The molecule has 0 aliphatic heterocycles. The molecule has 4 heterocycles. The van der Waals surface area contributed by atoms with Crippen LogP contribution in [0, 0.1) is 37.8 Å². The lowest BCUT2D eigenvalue weighted by Gasteiger charge is -2.18. The van der Waals surface area contributed by atoms with Crippen molar-refractivity contribution in [3.8, 4) is 16.9 Å². The molecular weight excluding hydrogens is 1810 g/mol. The summed E-state index contributed by atoms with van der Waals surface area (Å²) in [6.07, 6.45) is 9.78. The molecule has 0 saturated carbocycles. The number of aromatic nitrogens is 4. The van der Waals surface area contributed by atoms with Crippen LogP contribution in [-0.4, -0.2) is 158 Å². The fourth-order valence-electron chi connectivity index (χ4n) is 20.7. The minimum absolute atomic E-state index is 0. The van der Waals surface area contributed by atoms with E-state index in [1.807, 2.05) is 114 Å². The Morgan fingerprint density at radius 1 is 0.379 bits per heavy atom. The fraction of sp³-hybridized carbons (Fsp3) is 0.271. The van der Waals surface area contributed by atoms with Crippen LogP contribution in [0.15, 0.2) is 231 Å². The molecule has 0 bridgehead atoms. The van der Waals surface area contributed by atoms with Crippen LogP contribution < -0.4 is 15.9 Å². The number of halogens is 2. The van der Waals surface area contributed by atoms with E-state index in [0.717, 1.165) is 215 Å². The zero-order chi connectivity index (χ0) is 98.5. The third-order valence-electron chi connectivity index (χ3n) is 27.2. The highest BCUT2D eigenvalue weighted by atomic mass is 35.5. The number of rotatable bonds is 19. The van der Waals surface area contributed by atoms with Crippen LogP contribution in [0.4, 0.5) is 5.69 Å². The first kappa shape index (κ1) is 101. The SMILES string of the molecule is CC(=O)c1c(O)ccc2c1c1c3c(ccc1n2CCCN(C)C)C(=O)CC3.CC(=O)c1cc2c(cc1C)[nH]c1ccc3c(c12)CCC3=O.CC(=O)c1cc2c3c4c(ccc3n(CCCN(C)C)c2cc1C)C(=O)CC4.CN(C)CCCCl.Cc1ccc(-c2cccc3c2CCC3=O)c([N+](=O)[O-])c1.Cc1ccc2c(c1)[nH]c1ccc3c(c12)CCC3=O.Cl.c1ccc(P(c2ccccc2)c2ccccc2)cc1. The number of fused-ring (bicyclic) bond motifs is 21. The van der Waals surface area contributed by atoms with Crippen molar-refractivity contribution in [2.45, 2.75) is 145 Å². The molecule has 19 nitrogen and oxygen atoms in total. The van der Waals surface area contributed by atoms with Crippen molar-refractivity contribution in [2.24, 2.45) is 0 Å². The maximum Gasteiger partial charge on any atom is 0.277 e. The van der Waals surface area contributed by atoms with Crippen molar-refractivity contribution < 1.29 is 48.4 Å². The monoisotopic (exact) mass is 1920 g/mol. The van der Waals surface area contributed by atoms with Crippen molar-refractivity contribution in [1.29, 1.82) is 0 Å². The molecule has 0 saturated heterocycles. The number of H-pyrrole nitrogens is 2. The molecule has 0 unspecified atom stereocenters. The number of nitro benzene ring substituents is 1. The van der Waals surface area contributed by atoms with E-state index in [-0.39, 0.29) is 75.0 Å². The van der Waals surface area contributed by atoms with E-state index in [1.165, 1.54) is 61.2 Å². The number of ketones is 8. The van der Waals surface area contributed by atoms with Crippen molar-refractivity contribution >= 4 is 187 Å². The Balaban J connectivity index is 0.000000126. The lowest BCUT2D eigenvalue weighted by Crippen LogP contribution is -2.20. The molecule has 716 valence electrons. The number of nitrogens with one attached hydrogen (secondary N) is 2. The molecule has 5 aliphatic rings. The zero-order valence-corrected chi connectivity index (χ0v) is 84.3. The zero-order valence-electron chi connectivity index (χ0n) is 81.8. The Labute approximate surface area is 828 Å². The van der Waals surface area contributed by atoms with Gasteiger partial charge in [0, 0.05) is 178 Å². The van der Waals surface area contributed by atoms with Crippen LogP contribution in [-0.2, 0) is 45.2 Å². The summed E-state index contributed by atoms with van der Waals surface area (Å²) in [6.45, 7) is 17.4. The predicted molar refractivity (Wildman–Crippen MR) is 576 cm³/mol. The highest BCUT2D eigenvalue weighted by molar-refractivity contribution is 7.79. The topological polar surface area (TPSA) is 251 Å². The van der Waals surface area contributed by atoms with Crippen molar-refractivity contribution in [3.63, 3.8) is 0 Å². The summed E-state index contributed by atoms with van der Waals surface area (Å²) in [5.41, 5.74) is 25.7. The molecule has 22 rings (SSSR count). The molecule has 0 amide bonds. The number of aromatic amines is 2. The Morgan fingerprint density at radius 3 is 1.24 bits per heavy atom. The van der Waals surface area contributed by atoms with Crippen LogP contribution in [0.3, 0.4) is 0 Å². The van der Waals surface area contributed by atoms with Gasteiger partial charge in [0.2, 0.25) is 0 Å². The van der Waals surface area contributed by atoms with Crippen molar-refractivity contribution in [2.75, 3.05) is 67.8 Å². The van der Waals surface area contributed by atoms with E-state index in [1.54, 1.807) is 44.2 Å². The second-order valence-electron chi connectivity index (χ2n) is 37.7. The normalized spacial score (nSPS) is 13.2. The number of hydrogen-bond donors (Lipinski definition) is 3. The smallest absolute Gasteiger partial charge is 0.277 e. The number of nitrogens with zero attached hydrogens (tertiary/aromatic N) is 6. The fourth-order valence-corrected chi connectivity index (χ4v) is 23.1. The highest BCUT2D eigenvalue weighted by Gasteiger charge is 2.33. The molecule has 0 fully saturated rings. The summed E-state index contributed by atoms with van der Waals surface area (Å²) in [6, 6.07) is 77.0. The van der Waals surface area contributed by atoms with Gasteiger partial charge in [-0.05, 0) is 338 Å². The van der Waals surface area contributed by atoms with Gasteiger partial charge in [0.05, 0.1) is 21.6 Å². The Hall–Kier alpha value is -13.5. The quantitative estimate of drug-likeness (QED) is 0.0224. The molecule has 0 atom stereocenters. The number of benzene rings is 13. The van der Waals surface area contributed by atoms with Gasteiger partial charge >= 0.3 is 0 Å². The van der Waals surface area contributed by atoms with Gasteiger partial charge in [-0.3, -0.25) is 48.5 Å². The highest BCUT2D eigenvalue weighted by Crippen LogP contribution is 2.46. The summed E-state index contributed by atoms with van der Waals surface area (Å²) in [5.74, 6) is 1.81. The van der Waals surface area contributed by atoms with Gasteiger partial charge in [0.1, 0.15) is 5.75 Å². The average Bonchev–Trinajstić information content (AvgIpc) is 1.57. The van der Waals surface area contributed by atoms with Gasteiger partial charge in [-0.1, -0.05) is 127 Å². The molecule has 5 aliphatic carbocycles. The standard InChI is InChI=1S/C23H26N2O2.C22H24N2O3.C18H15NO2.C18H15P.C16H13NO3.C16H13NO.C5H12ClN.ClH/c1-14-12-21-19(13-18(14)15(2)26)23-17-7-9-22(27)16(17)6-8-20(23)25(21)11-5-10-24(3)4;1-13(25)20-19(27)10-8-17-22(20)21-15-6-9-18(26)14(15)5-7-16(21)24(17)12-4-11-23(2)3;1-9-7-16-14(8-13(9)10(2)20)18-12-4-6-17(21)11(12)3-5-15(18)19-16;1-4-10-16(11-5-1)19(17-12-6-2-7-13-17)18-14-8-3-9-15-18;1-10-5-6-13(15(9-10)17(19)20)11-3-2-4-14-12(11)7-8-16(14)18;1-9-2-3-12-14(8-9)17-13-6-4-10-11(16(12)13)5-7-15(10)18;1-7(2)5-3-4-6;/h6,8,12-13H,5,7,9-11H2,1-4H3;5,7-8,10,27H,4,6,9,11-12H2,1-3H3;3,5,7-8,19H,4,6H2,1-2H3;1-15H;2-6,9H,7-8H2,1H3;2-4,6,8,17H,5,7H2,1H3;3-5H2,1-2H3;1H. The Kier molecular flexibility index (Phi) is 31.7. The lowest BCUT2D eigenvalue weighted by molar-refractivity contribution is -0.384. The first-order valence-corrected chi connectivity index (χ1v) is 49.8. The van der Waals surface area contributed by atoms with E-state index in [0.29, 0.717) is 61.6 Å². The summed E-state index contributed by atoms with van der Waals surface area (Å²) >= 11 is 5.42.